The quantitative estimate of drug-likeness (QED) is 0.0275. The Labute approximate surface area is 685 Å². The van der Waals surface area contributed by atoms with E-state index in [2.05, 4.69) is 113 Å². The number of para-hydroxylation sites is 3. The number of carbonyl (C=O) groups is 3. The van der Waals surface area contributed by atoms with Crippen molar-refractivity contribution in [3.05, 3.63) is 271 Å². The molecule has 13 rings (SSSR count). The third-order valence-electron chi connectivity index (χ3n) is 19.5. The summed E-state index contributed by atoms with van der Waals surface area (Å²) in [6, 6.07) is 72.2. The Hall–Kier alpha value is -9.03. The van der Waals surface area contributed by atoms with Crippen molar-refractivity contribution in [2.45, 2.75) is 161 Å². The van der Waals surface area contributed by atoms with Gasteiger partial charge in [-0.3, -0.25) is 14.4 Å². The maximum atomic E-state index is 12.2. The first-order chi connectivity index (χ1) is 50.5. The Morgan fingerprint density at radius 1 is 0.422 bits per heavy atom. The smallest absolute Gasteiger partial charge is 0.217 e. The molecule has 3 aromatic heterocycles. The van der Waals surface area contributed by atoms with Gasteiger partial charge in [-0.05, 0) is 149 Å². The van der Waals surface area contributed by atoms with E-state index in [1.807, 2.05) is 217 Å². The molecule has 109 heavy (non-hydrogen) atoms. The summed E-state index contributed by atoms with van der Waals surface area (Å²) >= 11 is 0. The molecule has 3 heterocycles. The Morgan fingerprint density at radius 3 is 1.17 bits per heavy atom. The van der Waals surface area contributed by atoms with Gasteiger partial charge in [0.1, 0.15) is 11.5 Å². The van der Waals surface area contributed by atoms with E-state index in [4.69, 9.17) is 19.3 Å². The third kappa shape index (κ3) is 26.3. The second-order valence-electron chi connectivity index (χ2n) is 29.6. The molecule has 1 fully saturated rings. The molecule has 15 heteroatoms. The van der Waals surface area contributed by atoms with Gasteiger partial charge < -0.3 is 29.5 Å². The minimum atomic E-state index is -0.417. The number of hydrogen-bond acceptors (Lipinski definition) is 12. The second kappa shape index (κ2) is 42.2. The molecule has 0 aliphatic heterocycles. The van der Waals surface area contributed by atoms with Gasteiger partial charge in [0.25, 0.3) is 0 Å². The first kappa shape index (κ1) is 90.6. The van der Waals surface area contributed by atoms with Crippen LogP contribution in [0.3, 0.4) is 0 Å². The number of aliphatic hydroxyl groups is 3. The fourth-order valence-electron chi connectivity index (χ4n) is 11.8. The number of fused-ring (bicyclic) bond motifs is 7. The van der Waals surface area contributed by atoms with E-state index in [1.54, 1.807) is 0 Å². The normalized spacial score (nSPS) is 12.5. The summed E-state index contributed by atoms with van der Waals surface area (Å²) in [5.74, 6) is 4.86. The van der Waals surface area contributed by atoms with Crippen molar-refractivity contribution in [2.24, 2.45) is 21.7 Å². The molecule has 12 aromatic rings. The zero-order valence-corrected chi connectivity index (χ0v) is 72.4. The van der Waals surface area contributed by atoms with Gasteiger partial charge in [0, 0.05) is 170 Å². The Morgan fingerprint density at radius 2 is 0.798 bits per heavy atom. The molecule has 577 valence electrons. The van der Waals surface area contributed by atoms with Crippen molar-refractivity contribution < 1.29 is 104 Å². The number of benzene rings is 9. The van der Waals surface area contributed by atoms with Crippen molar-refractivity contribution in [3.8, 4) is 34.9 Å². The van der Waals surface area contributed by atoms with Gasteiger partial charge in [-0.2, -0.15) is 54.6 Å². The van der Waals surface area contributed by atoms with Gasteiger partial charge in [0.2, 0.25) is 17.6 Å². The predicted molar refractivity (Wildman–Crippen MR) is 435 cm³/mol. The van der Waals surface area contributed by atoms with Crippen molar-refractivity contribution in [1.29, 1.82) is 0 Å². The average molecular weight is 1990 g/mol. The molecule has 0 unspecified atom stereocenters. The van der Waals surface area contributed by atoms with Crippen LogP contribution in [0.15, 0.2) is 242 Å². The van der Waals surface area contributed by atoms with E-state index in [1.165, 1.54) is 107 Å². The molecule has 1 aliphatic carbocycles. The Bertz CT molecular complexity index is 4900. The summed E-state index contributed by atoms with van der Waals surface area (Å²) < 4.78 is 17.4. The fourth-order valence-corrected chi connectivity index (χ4v) is 11.8. The largest absolute Gasteiger partial charge is 0.512 e. The first-order valence-corrected chi connectivity index (χ1v) is 36.6. The maximum absolute atomic E-state index is 12.2. The molecular formula is C94H102Ir3N3O9-3. The Kier molecular flexibility index (Phi) is 35.1. The van der Waals surface area contributed by atoms with E-state index < -0.39 is 5.41 Å². The molecule has 0 atom stereocenters. The molecule has 1 saturated carbocycles. The number of ketones is 3. The van der Waals surface area contributed by atoms with Crippen molar-refractivity contribution in [2.75, 3.05) is 0 Å². The van der Waals surface area contributed by atoms with Crippen LogP contribution in [0.4, 0.5) is 0 Å². The van der Waals surface area contributed by atoms with Crippen LogP contribution in [0.25, 0.3) is 64.6 Å². The van der Waals surface area contributed by atoms with Crippen molar-refractivity contribution in [3.63, 3.8) is 0 Å². The third-order valence-corrected chi connectivity index (χ3v) is 19.5. The first-order valence-electron chi connectivity index (χ1n) is 36.6. The minimum Gasteiger partial charge on any atom is -0.512 e. The average Bonchev–Trinajstić information content (AvgIpc) is 1.58. The van der Waals surface area contributed by atoms with Gasteiger partial charge in [0.05, 0.1) is 5.76 Å². The van der Waals surface area contributed by atoms with Crippen LogP contribution in [-0.4, -0.2) is 47.6 Å². The molecule has 3 N–H and O–H groups in total. The van der Waals surface area contributed by atoms with Crippen LogP contribution >= 0.6 is 0 Å². The molecule has 0 spiro atoms. The van der Waals surface area contributed by atoms with Crippen molar-refractivity contribution in [1.82, 2.24) is 15.0 Å². The van der Waals surface area contributed by atoms with E-state index in [0.717, 1.165) is 58.5 Å². The summed E-state index contributed by atoms with van der Waals surface area (Å²) in [5, 5.41) is 42.3. The number of nitrogens with zero attached hydrogens (tertiary/aromatic N) is 3. The number of hydrogen-bond donors (Lipinski definition) is 3. The molecule has 0 saturated heterocycles. The number of aliphatic hydroxyl groups excluding tert-OH is 3. The summed E-state index contributed by atoms with van der Waals surface area (Å²) in [5.41, 5.74) is 1.57. The number of aromatic nitrogens is 3. The predicted octanol–water partition coefficient (Wildman–Crippen LogP) is 25.7. The molecular weight excluding hydrogens is 1890 g/mol. The Balaban J connectivity index is 0.000000241. The van der Waals surface area contributed by atoms with E-state index in [-0.39, 0.29) is 111 Å². The zero-order valence-electron chi connectivity index (χ0n) is 65.2. The zero-order chi connectivity index (χ0) is 76.8. The number of allylic oxidation sites excluding steroid dienone is 6. The molecule has 0 amide bonds. The summed E-state index contributed by atoms with van der Waals surface area (Å²) in [7, 11) is 0. The van der Waals surface area contributed by atoms with Gasteiger partial charge >= 0.3 is 0 Å². The van der Waals surface area contributed by atoms with E-state index in [0.29, 0.717) is 34.9 Å². The van der Waals surface area contributed by atoms with E-state index in [9.17, 15) is 24.6 Å². The molecule has 0 bridgehead atoms. The maximum Gasteiger partial charge on any atom is 0.217 e. The summed E-state index contributed by atoms with van der Waals surface area (Å²) in [6.45, 7) is 28.3. The topological polar surface area (TPSA) is 178 Å². The number of ether oxygens (including phenoxy) is 3. The fraction of sp³-hybridized carbons (Fsp3) is 0.298. The van der Waals surface area contributed by atoms with Gasteiger partial charge in [0.15, 0.2) is 17.3 Å². The number of pyridine rings is 3. The number of aryl methyl sites for hydroxylation is 1. The van der Waals surface area contributed by atoms with Crippen LogP contribution in [0.5, 0.6) is 34.9 Å². The van der Waals surface area contributed by atoms with Crippen LogP contribution < -0.4 is 14.2 Å². The van der Waals surface area contributed by atoms with Gasteiger partial charge in [-0.25, -0.2) is 15.0 Å². The molecule has 3 radical (unpaired) electrons. The SMILES string of the molecule is CC(=O)C=C(C)O.CC(C)(C)C(=O)C=C(O)C(C)(C)C.CCC(C)(CC)C(=O)C=C(O)C(C)(CC)CC.Cc1cc2c(ccc3cnc(Oc4[c-]cccc4)cc32)cc1C1CCCC1.[Ir].[Ir].[Ir].[c-]1ccccc1Oc1cc2cc3ccccc3cc2cn1.[c-]1ccccc1Oc1cc2cc3ccccc3cc2cn1. The number of carbonyl (C=O) groups excluding carboxylic acids is 3. The van der Waals surface area contributed by atoms with Gasteiger partial charge in [-0.15, -0.1) is 36.4 Å². The molecule has 9 aromatic carbocycles. The van der Waals surface area contributed by atoms with Crippen LogP contribution in [0.1, 0.15) is 165 Å². The molecule has 1 aliphatic rings. The van der Waals surface area contributed by atoms with Crippen LogP contribution in [0, 0.1) is 46.8 Å². The monoisotopic (exact) mass is 2000 g/mol. The van der Waals surface area contributed by atoms with Crippen LogP contribution in [-0.2, 0) is 74.7 Å². The minimum absolute atomic E-state index is 0. The summed E-state index contributed by atoms with van der Waals surface area (Å²) in [6.07, 6.45) is 18.2. The molecule has 12 nitrogen and oxygen atoms in total. The van der Waals surface area contributed by atoms with E-state index >= 15 is 0 Å². The summed E-state index contributed by atoms with van der Waals surface area (Å²) in [4.78, 5) is 46.9. The number of rotatable bonds is 16. The van der Waals surface area contributed by atoms with Crippen molar-refractivity contribution >= 4 is 82.0 Å². The second-order valence-corrected chi connectivity index (χ2v) is 29.6. The van der Waals surface area contributed by atoms with Crippen LogP contribution in [0.2, 0.25) is 0 Å². The standard InChI is InChI=1S/C25H22NO.2C19H12NO.C15H28O2.C11H20O2.C5H8O2.3Ir/c1-17-13-23-19(14-22(17)18-7-5-6-8-18)11-12-20-16-26-25(15-24(20)23)27-21-9-3-2-4-10-21;2*1-2-8-18(9-3-1)21-19-12-16-10-14-6-4-5-7-15(14)11-17(16)13-20-19;1-7-14(5,8-2)12(16)11-13(17)15(6,9-3)10-4;1-10(2,3)8(12)7-9(13)11(4,5)6;1-4(6)3-5(2)7;;;/h2-4,9,11-16,18H,5-8H2,1H3;2*1-8,10-13H;11,16H,7-10H2,1-6H3;7,12H,1-6H3;3,6H,1-2H3;;;/q3*-1;;;;;;. The van der Waals surface area contributed by atoms with Gasteiger partial charge in [-0.1, -0.05) is 169 Å².